The minimum absolute atomic E-state index is 0.0265. The van der Waals surface area contributed by atoms with Crippen LogP contribution in [0.5, 0.6) is 11.5 Å². The lowest BCUT2D eigenvalue weighted by Crippen LogP contribution is -2.37. The fourth-order valence-electron chi connectivity index (χ4n) is 5.11. The number of carbonyl (C=O) groups excluding carboxylic acids is 2. The van der Waals surface area contributed by atoms with E-state index in [2.05, 4.69) is 10.4 Å². The van der Waals surface area contributed by atoms with Crippen molar-refractivity contribution in [2.75, 3.05) is 19.3 Å². The second kappa shape index (κ2) is 12.4. The number of aromatic hydroxyl groups is 1. The summed E-state index contributed by atoms with van der Waals surface area (Å²) in [5.41, 5.74) is 4.27. The Labute approximate surface area is 229 Å². The molecule has 1 saturated heterocycles. The monoisotopic (exact) mass is 556 g/mol. The highest BCUT2D eigenvalue weighted by atomic mass is 31.2. The number of phenols is 1. The van der Waals surface area contributed by atoms with Gasteiger partial charge < -0.3 is 24.4 Å². The number of benzene rings is 2. The van der Waals surface area contributed by atoms with Crippen molar-refractivity contribution in [3.05, 3.63) is 69.8 Å². The van der Waals surface area contributed by atoms with Gasteiger partial charge in [-0.25, -0.2) is 9.88 Å². The number of esters is 2. The average Bonchev–Trinajstić information content (AvgIpc) is 3.55. The van der Waals surface area contributed by atoms with Gasteiger partial charge in [-0.05, 0) is 69.8 Å². The van der Waals surface area contributed by atoms with Gasteiger partial charge in [-0.3, -0.25) is 9.36 Å². The number of ether oxygens (including phenoxy) is 2. The molecule has 210 valence electrons. The molecule has 2 aromatic carbocycles. The molecule has 1 unspecified atom stereocenters. The van der Waals surface area contributed by atoms with Crippen LogP contribution in [-0.4, -0.2) is 48.4 Å². The minimum Gasteiger partial charge on any atom is -0.507 e. The topological polar surface area (TPSA) is 123 Å². The predicted octanol–water partition coefficient (Wildman–Crippen LogP) is 4.58. The van der Waals surface area contributed by atoms with Crippen molar-refractivity contribution in [1.29, 1.82) is 0 Å². The Bertz CT molecular complexity index is 1300. The molecule has 10 heteroatoms. The highest BCUT2D eigenvalue weighted by Gasteiger charge is 2.33. The quantitative estimate of drug-likeness (QED) is 0.207. The molecule has 9 nitrogen and oxygen atoms in total. The highest BCUT2D eigenvalue weighted by Crippen LogP contribution is 2.45. The molecule has 0 amide bonds. The van der Waals surface area contributed by atoms with E-state index >= 15 is 0 Å². The minimum atomic E-state index is -3.61. The Morgan fingerprint density at radius 2 is 2.05 bits per heavy atom. The van der Waals surface area contributed by atoms with Crippen molar-refractivity contribution in [1.82, 2.24) is 10.4 Å². The first kappa shape index (κ1) is 28.9. The zero-order chi connectivity index (χ0) is 28.2. The molecule has 2 heterocycles. The molecule has 0 saturated carbocycles. The van der Waals surface area contributed by atoms with E-state index in [0.717, 1.165) is 35.2 Å². The normalized spacial score (nSPS) is 19.2. The molecule has 3 N–H and O–H groups in total. The second-order valence-corrected chi connectivity index (χ2v) is 12.2. The van der Waals surface area contributed by atoms with E-state index in [4.69, 9.17) is 14.0 Å². The van der Waals surface area contributed by atoms with Gasteiger partial charge in [-0.2, -0.15) is 0 Å². The van der Waals surface area contributed by atoms with Crippen molar-refractivity contribution < 1.29 is 33.3 Å². The number of rotatable bonds is 11. The lowest BCUT2D eigenvalue weighted by atomic mass is 9.89. The molecule has 4 rings (SSSR count). The maximum Gasteiger partial charge on any atom is 0.342 e. The van der Waals surface area contributed by atoms with Gasteiger partial charge in [-0.1, -0.05) is 36.8 Å². The molecular weight excluding hydrogens is 519 g/mol. The number of allylic oxidation sites excluding steroid dienone is 2. The van der Waals surface area contributed by atoms with E-state index in [0.29, 0.717) is 30.7 Å². The van der Waals surface area contributed by atoms with Gasteiger partial charge in [0.25, 0.3) is 0 Å². The summed E-state index contributed by atoms with van der Waals surface area (Å²) in [6.07, 6.45) is 3.45. The Hall–Kier alpha value is -3.13. The van der Waals surface area contributed by atoms with Gasteiger partial charge in [-0.15, -0.1) is 0 Å². The highest BCUT2D eigenvalue weighted by molar-refractivity contribution is 7.57. The molecule has 1 fully saturated rings. The maximum absolute atomic E-state index is 14.1. The molecule has 0 aromatic heterocycles. The van der Waals surface area contributed by atoms with Crippen LogP contribution in [0.3, 0.4) is 0 Å². The summed E-state index contributed by atoms with van der Waals surface area (Å²) in [6, 6.07) is 7.95. The summed E-state index contributed by atoms with van der Waals surface area (Å²) < 4.78 is 30.8. The van der Waals surface area contributed by atoms with E-state index in [-0.39, 0.29) is 30.2 Å². The van der Waals surface area contributed by atoms with Crippen LogP contribution in [0.4, 0.5) is 0 Å². The summed E-state index contributed by atoms with van der Waals surface area (Å²) >= 11 is 0. The largest absolute Gasteiger partial charge is 0.507 e. The van der Waals surface area contributed by atoms with Gasteiger partial charge in [0.05, 0.1) is 6.16 Å². The third-order valence-electron chi connectivity index (χ3n) is 7.15. The molecule has 2 aliphatic rings. The zero-order valence-corrected chi connectivity index (χ0v) is 23.8. The number of phenolic OH excluding ortho intramolecular Hbond substituents is 1. The number of nitrogens with one attached hydrogen (secondary N) is 2. The van der Waals surface area contributed by atoms with Crippen molar-refractivity contribution >= 4 is 19.5 Å². The van der Waals surface area contributed by atoms with E-state index < -0.39 is 25.5 Å². The molecule has 39 heavy (non-hydrogen) atoms. The predicted molar refractivity (Wildman–Crippen MR) is 148 cm³/mol. The van der Waals surface area contributed by atoms with Crippen LogP contribution in [0.25, 0.3) is 0 Å². The zero-order valence-electron chi connectivity index (χ0n) is 22.9. The standard InChI is InChI=1S/C29H37N2O7P/c1-5-23-19(3)25-16-36-29(34)26(25)27(32)24(23)12-11-18(2)17-39(35,38-21-9-7-6-8-10-21)31-20(4)28(33)37-22-13-14-30-15-22/h6-11,20,22,30,32H,5,12-17H2,1-4H3,(H,31,35)/t20-,22-,39?/m0/s1. The molecule has 2 aliphatic heterocycles. The molecule has 3 atom stereocenters. The van der Waals surface area contributed by atoms with Gasteiger partial charge >= 0.3 is 19.5 Å². The summed E-state index contributed by atoms with van der Waals surface area (Å²) in [7, 11) is -3.61. The van der Waals surface area contributed by atoms with E-state index in [1.54, 1.807) is 31.2 Å². The first-order chi connectivity index (χ1) is 18.6. The van der Waals surface area contributed by atoms with Gasteiger partial charge in [0.1, 0.15) is 35.8 Å². The van der Waals surface area contributed by atoms with Crippen LogP contribution >= 0.6 is 7.52 Å². The Morgan fingerprint density at radius 1 is 1.31 bits per heavy atom. The summed E-state index contributed by atoms with van der Waals surface area (Å²) in [5, 5.41) is 17.0. The number of cyclic esters (lactones) is 1. The summed E-state index contributed by atoms with van der Waals surface area (Å²) in [6.45, 7) is 8.94. The van der Waals surface area contributed by atoms with Crippen molar-refractivity contribution in [3.63, 3.8) is 0 Å². The lowest BCUT2D eigenvalue weighted by Gasteiger charge is -2.25. The van der Waals surface area contributed by atoms with E-state index in [9.17, 15) is 19.3 Å². The number of hydrogen-bond acceptors (Lipinski definition) is 8. The van der Waals surface area contributed by atoms with E-state index in [1.165, 1.54) is 0 Å². The Morgan fingerprint density at radius 3 is 2.72 bits per heavy atom. The Kier molecular flexibility index (Phi) is 9.15. The molecule has 0 spiro atoms. The van der Waals surface area contributed by atoms with Crippen LogP contribution in [0.15, 0.2) is 42.0 Å². The van der Waals surface area contributed by atoms with Crippen molar-refractivity contribution in [3.8, 4) is 11.5 Å². The molecule has 0 bridgehead atoms. The third-order valence-corrected chi connectivity index (χ3v) is 9.35. The average molecular weight is 557 g/mol. The van der Waals surface area contributed by atoms with Crippen LogP contribution in [0.2, 0.25) is 0 Å². The van der Waals surface area contributed by atoms with Crippen LogP contribution in [-0.2, 0) is 38.3 Å². The summed E-state index contributed by atoms with van der Waals surface area (Å²) in [5.74, 6) is -0.645. The fraction of sp³-hybridized carbons (Fsp3) is 0.448. The van der Waals surface area contributed by atoms with E-state index in [1.807, 2.05) is 32.9 Å². The third kappa shape index (κ3) is 6.72. The molecule has 2 aromatic rings. The molecule has 0 aliphatic carbocycles. The van der Waals surface area contributed by atoms with Gasteiger partial charge in [0, 0.05) is 17.7 Å². The lowest BCUT2D eigenvalue weighted by molar-refractivity contribution is -0.149. The number of fused-ring (bicyclic) bond motifs is 1. The van der Waals surface area contributed by atoms with Crippen molar-refractivity contribution in [2.24, 2.45) is 0 Å². The fourth-order valence-corrected chi connectivity index (χ4v) is 7.26. The SMILES string of the molecule is CCc1c(C)c2c(c(O)c1CC=C(C)CP(=O)(N[C@@H](C)C(=O)O[C@H]1CCNC1)Oc1ccccc1)C(=O)OC2. The first-order valence-electron chi connectivity index (χ1n) is 13.3. The molecule has 0 radical (unpaired) electrons. The Balaban J connectivity index is 1.55. The summed E-state index contributed by atoms with van der Waals surface area (Å²) in [4.78, 5) is 25.0. The number of hydrogen-bond donors (Lipinski definition) is 3. The smallest absolute Gasteiger partial charge is 0.342 e. The van der Waals surface area contributed by atoms with Crippen LogP contribution in [0.1, 0.15) is 59.8 Å². The first-order valence-corrected chi connectivity index (χ1v) is 15.1. The van der Waals surface area contributed by atoms with Gasteiger partial charge in [0.2, 0.25) is 0 Å². The molecular formula is C29H37N2O7P. The number of para-hydroxylation sites is 1. The van der Waals surface area contributed by atoms with Crippen LogP contribution in [0, 0.1) is 6.92 Å². The second-order valence-electron chi connectivity index (χ2n) is 10.1. The van der Waals surface area contributed by atoms with Crippen molar-refractivity contribution in [2.45, 2.75) is 65.7 Å². The number of carbonyl (C=O) groups is 2. The van der Waals surface area contributed by atoms with Gasteiger partial charge in [0.15, 0.2) is 0 Å². The van der Waals surface area contributed by atoms with Crippen LogP contribution < -0.4 is 14.9 Å². The maximum atomic E-state index is 14.1.